The van der Waals surface area contributed by atoms with Crippen molar-refractivity contribution in [3.05, 3.63) is 36.0 Å². The molecule has 7 heteroatoms. The van der Waals surface area contributed by atoms with Crippen LogP contribution in [0, 0.1) is 0 Å². The van der Waals surface area contributed by atoms with Crippen molar-refractivity contribution in [3.8, 4) is 5.75 Å². The molecule has 1 amide bonds. The van der Waals surface area contributed by atoms with Gasteiger partial charge in [-0.05, 0) is 31.4 Å². The maximum Gasteiger partial charge on any atom is 0.265 e. The highest BCUT2D eigenvalue weighted by atomic mass is 16.5. The summed E-state index contributed by atoms with van der Waals surface area (Å²) in [5, 5.41) is 3.98. The van der Waals surface area contributed by atoms with E-state index in [9.17, 15) is 4.79 Å². The molecule has 2 aromatic rings. The van der Waals surface area contributed by atoms with Gasteiger partial charge in [0.15, 0.2) is 12.4 Å². The fourth-order valence-corrected chi connectivity index (χ4v) is 2.77. The molecule has 1 aliphatic carbocycles. The lowest BCUT2D eigenvalue weighted by Gasteiger charge is -2.34. The van der Waals surface area contributed by atoms with E-state index >= 15 is 0 Å². The summed E-state index contributed by atoms with van der Waals surface area (Å²) >= 11 is 0. The van der Waals surface area contributed by atoms with Crippen LogP contribution in [0.15, 0.2) is 28.8 Å². The van der Waals surface area contributed by atoms with Gasteiger partial charge in [-0.25, -0.2) is 0 Å². The predicted molar refractivity (Wildman–Crippen MR) is 77.1 cm³/mol. The van der Waals surface area contributed by atoms with E-state index < -0.39 is 5.54 Å². The smallest absolute Gasteiger partial charge is 0.265 e. The van der Waals surface area contributed by atoms with Crippen molar-refractivity contribution in [2.45, 2.75) is 31.3 Å². The number of hydrogen-bond donors (Lipinski definition) is 1. The molecule has 1 aromatic carbocycles. The van der Waals surface area contributed by atoms with Crippen LogP contribution in [-0.2, 0) is 16.9 Å². The van der Waals surface area contributed by atoms with Crippen LogP contribution in [0.1, 0.15) is 31.0 Å². The number of hydrogen-bond acceptors (Lipinski definition) is 6. The Bertz CT molecular complexity index is 723. The Morgan fingerprint density at radius 3 is 2.91 bits per heavy atom. The lowest BCUT2D eigenvalue weighted by atomic mass is 9.77. The number of benzene rings is 1. The molecule has 2 N–H and O–H groups in total. The molecular formula is C15H16N4O3. The molecule has 0 spiro atoms. The molecule has 2 heterocycles. The Kier molecular flexibility index (Phi) is 2.90. The van der Waals surface area contributed by atoms with E-state index in [4.69, 9.17) is 15.0 Å². The number of carbonyl (C=O) groups is 1. The second-order valence-corrected chi connectivity index (χ2v) is 5.76. The SMILES string of the molecule is NC1(c2noc(CN3C(=O)COc4ccccc43)n2)CCC1. The lowest BCUT2D eigenvalue weighted by Crippen LogP contribution is -2.44. The molecular weight excluding hydrogens is 284 g/mol. The summed E-state index contributed by atoms with van der Waals surface area (Å²) in [5.74, 6) is 1.46. The molecule has 0 atom stereocenters. The van der Waals surface area contributed by atoms with Crippen LogP contribution in [0.2, 0.25) is 0 Å². The number of carbonyl (C=O) groups excluding carboxylic acids is 1. The molecule has 0 bridgehead atoms. The Morgan fingerprint density at radius 1 is 1.32 bits per heavy atom. The first kappa shape index (κ1) is 13.3. The van der Waals surface area contributed by atoms with Crippen LogP contribution >= 0.6 is 0 Å². The first-order chi connectivity index (χ1) is 10.7. The molecule has 22 heavy (non-hydrogen) atoms. The summed E-state index contributed by atoms with van der Waals surface area (Å²) in [4.78, 5) is 18.1. The van der Waals surface area contributed by atoms with Gasteiger partial charge in [0.1, 0.15) is 12.3 Å². The first-order valence-corrected chi connectivity index (χ1v) is 7.30. The van der Waals surface area contributed by atoms with Crippen molar-refractivity contribution >= 4 is 11.6 Å². The zero-order valence-electron chi connectivity index (χ0n) is 12.0. The number of ether oxygens (including phenoxy) is 1. The maximum absolute atomic E-state index is 12.1. The number of aromatic nitrogens is 2. The number of nitrogens with zero attached hydrogens (tertiary/aromatic N) is 3. The molecule has 0 unspecified atom stereocenters. The second-order valence-electron chi connectivity index (χ2n) is 5.76. The van der Waals surface area contributed by atoms with Crippen LogP contribution in [0.25, 0.3) is 0 Å². The molecule has 1 aromatic heterocycles. The number of rotatable bonds is 3. The molecule has 114 valence electrons. The van der Waals surface area contributed by atoms with E-state index in [1.807, 2.05) is 24.3 Å². The fourth-order valence-electron chi connectivity index (χ4n) is 2.77. The van der Waals surface area contributed by atoms with Gasteiger partial charge < -0.3 is 15.0 Å². The van der Waals surface area contributed by atoms with Crippen LogP contribution in [0.4, 0.5) is 5.69 Å². The molecule has 7 nitrogen and oxygen atoms in total. The zero-order chi connectivity index (χ0) is 15.2. The molecule has 4 rings (SSSR count). The van der Waals surface area contributed by atoms with Crippen LogP contribution < -0.4 is 15.4 Å². The normalized spacial score (nSPS) is 19.3. The van der Waals surface area contributed by atoms with Gasteiger partial charge in [-0.3, -0.25) is 9.69 Å². The number of para-hydroxylation sites is 2. The first-order valence-electron chi connectivity index (χ1n) is 7.30. The van der Waals surface area contributed by atoms with Crippen LogP contribution in [0.3, 0.4) is 0 Å². The number of fused-ring (bicyclic) bond motifs is 1. The van der Waals surface area contributed by atoms with Gasteiger partial charge in [-0.2, -0.15) is 4.98 Å². The van der Waals surface area contributed by atoms with Crippen molar-refractivity contribution in [1.82, 2.24) is 10.1 Å². The van der Waals surface area contributed by atoms with Gasteiger partial charge in [0.05, 0.1) is 11.2 Å². The topological polar surface area (TPSA) is 94.5 Å². The quantitative estimate of drug-likeness (QED) is 0.919. The Morgan fingerprint density at radius 2 is 2.14 bits per heavy atom. The van der Waals surface area contributed by atoms with Crippen molar-refractivity contribution in [3.63, 3.8) is 0 Å². The highest BCUT2D eigenvalue weighted by molar-refractivity contribution is 5.97. The summed E-state index contributed by atoms with van der Waals surface area (Å²) in [6, 6.07) is 7.39. The summed E-state index contributed by atoms with van der Waals surface area (Å²) < 4.78 is 10.7. The lowest BCUT2D eigenvalue weighted by molar-refractivity contribution is -0.121. The molecule has 1 fully saturated rings. The summed E-state index contributed by atoms with van der Waals surface area (Å²) in [7, 11) is 0. The highest BCUT2D eigenvalue weighted by Crippen LogP contribution is 2.37. The third kappa shape index (κ3) is 2.05. The fraction of sp³-hybridized carbons (Fsp3) is 0.400. The van der Waals surface area contributed by atoms with Crippen molar-refractivity contribution in [2.75, 3.05) is 11.5 Å². The van der Waals surface area contributed by atoms with E-state index in [2.05, 4.69) is 10.1 Å². The van der Waals surface area contributed by atoms with Crippen molar-refractivity contribution in [2.24, 2.45) is 5.73 Å². The Hall–Kier alpha value is -2.41. The maximum atomic E-state index is 12.1. The monoisotopic (exact) mass is 300 g/mol. The molecule has 2 aliphatic rings. The minimum Gasteiger partial charge on any atom is -0.482 e. The largest absolute Gasteiger partial charge is 0.482 e. The van der Waals surface area contributed by atoms with Crippen LogP contribution in [-0.4, -0.2) is 22.7 Å². The summed E-state index contributed by atoms with van der Waals surface area (Å²) in [6.07, 6.45) is 2.81. The third-order valence-corrected chi connectivity index (χ3v) is 4.26. The minimum absolute atomic E-state index is 0.0127. The standard InChI is InChI=1S/C15H16N4O3/c16-15(6-3-7-15)14-17-12(22-18-14)8-19-10-4-1-2-5-11(10)21-9-13(19)20/h1-2,4-5H,3,6-9,16H2. The number of amides is 1. The zero-order valence-corrected chi connectivity index (χ0v) is 12.0. The third-order valence-electron chi connectivity index (χ3n) is 4.26. The molecule has 0 saturated heterocycles. The van der Waals surface area contributed by atoms with E-state index in [1.165, 1.54) is 0 Å². The molecule has 1 aliphatic heterocycles. The van der Waals surface area contributed by atoms with Crippen molar-refractivity contribution in [1.29, 1.82) is 0 Å². The van der Waals surface area contributed by atoms with Gasteiger partial charge in [0.25, 0.3) is 5.91 Å². The van der Waals surface area contributed by atoms with Gasteiger partial charge in [-0.15, -0.1) is 0 Å². The second kappa shape index (κ2) is 4.81. The number of nitrogens with two attached hydrogens (primary N) is 1. The van der Waals surface area contributed by atoms with Gasteiger partial charge in [-0.1, -0.05) is 17.3 Å². The van der Waals surface area contributed by atoms with Gasteiger partial charge in [0, 0.05) is 0 Å². The average molecular weight is 300 g/mol. The Labute approximate surface area is 127 Å². The van der Waals surface area contributed by atoms with Gasteiger partial charge in [0.2, 0.25) is 5.89 Å². The van der Waals surface area contributed by atoms with Gasteiger partial charge >= 0.3 is 0 Å². The van der Waals surface area contributed by atoms with Crippen molar-refractivity contribution < 1.29 is 14.1 Å². The predicted octanol–water partition coefficient (Wildman–Crippen LogP) is 1.33. The molecule has 1 saturated carbocycles. The summed E-state index contributed by atoms with van der Waals surface area (Å²) in [6.45, 7) is 0.237. The van der Waals surface area contributed by atoms with Crippen LogP contribution in [0.5, 0.6) is 5.75 Å². The highest BCUT2D eigenvalue weighted by Gasteiger charge is 2.39. The Balaban J connectivity index is 1.59. The van der Waals surface area contributed by atoms with E-state index in [-0.39, 0.29) is 19.1 Å². The average Bonchev–Trinajstić information content (AvgIpc) is 2.97. The summed E-state index contributed by atoms with van der Waals surface area (Å²) in [5.41, 5.74) is 6.44. The van der Waals surface area contributed by atoms with E-state index in [0.29, 0.717) is 23.2 Å². The van der Waals surface area contributed by atoms with E-state index in [0.717, 1.165) is 19.3 Å². The number of anilines is 1. The molecule has 0 radical (unpaired) electrons. The van der Waals surface area contributed by atoms with E-state index in [1.54, 1.807) is 4.90 Å². The minimum atomic E-state index is -0.464.